The Kier molecular flexibility index (Phi) is 8.04. The summed E-state index contributed by atoms with van der Waals surface area (Å²) in [5, 5.41) is 0. The van der Waals surface area contributed by atoms with Gasteiger partial charge in [0, 0.05) is 29.7 Å². The van der Waals surface area contributed by atoms with Gasteiger partial charge in [-0.1, -0.05) is 0 Å². The zero-order valence-corrected chi connectivity index (χ0v) is 18.0. The molecule has 0 saturated carbocycles. The molecule has 0 atom stereocenters. The lowest BCUT2D eigenvalue weighted by molar-refractivity contribution is 0.0763. The quantitative estimate of drug-likeness (QED) is 0.265. The molecular weight excluding hydrogens is 627 g/mol. The molecule has 0 radical (unpaired) electrons. The molecule has 0 saturated heterocycles. The third-order valence-electron chi connectivity index (χ3n) is 2.90. The first-order chi connectivity index (χ1) is 10.3. The van der Waals surface area contributed by atoms with Crippen molar-refractivity contribution in [2.24, 2.45) is 17.2 Å². The Hall–Kier alpha value is 0.0700. The van der Waals surface area contributed by atoms with Gasteiger partial charge < -0.3 is 27.8 Å². The Bertz CT molecular complexity index is 603. The number of nitrogens with two attached hydrogens (primary N) is 4. The summed E-state index contributed by atoms with van der Waals surface area (Å²) in [4.78, 5) is 26.0. The molecule has 0 heterocycles. The topological polar surface area (TPSA) is 141 Å². The van der Waals surface area contributed by atoms with Gasteiger partial charge in [0.05, 0.1) is 24.0 Å². The van der Waals surface area contributed by atoms with Crippen LogP contribution in [0.2, 0.25) is 0 Å². The first kappa shape index (κ1) is 20.1. The van der Waals surface area contributed by atoms with E-state index in [1.165, 1.54) is 0 Å². The van der Waals surface area contributed by atoms with E-state index < -0.39 is 5.91 Å². The smallest absolute Gasteiger partial charge is 0.256 e. The second kappa shape index (κ2) is 8.79. The van der Waals surface area contributed by atoms with Crippen molar-refractivity contribution in [1.82, 2.24) is 4.90 Å². The molecule has 0 spiro atoms. The first-order valence-corrected chi connectivity index (χ1v) is 9.46. The fourth-order valence-electron chi connectivity index (χ4n) is 1.87. The van der Waals surface area contributed by atoms with Crippen LogP contribution in [-0.2, 0) is 0 Å². The Morgan fingerprint density at radius 3 is 1.77 bits per heavy atom. The number of carbonyl (C=O) groups is 2. The summed E-state index contributed by atoms with van der Waals surface area (Å²) in [6, 6.07) is 0. The number of halogens is 3. The highest BCUT2D eigenvalue weighted by atomic mass is 127. The van der Waals surface area contributed by atoms with Crippen LogP contribution in [-0.4, -0.2) is 42.9 Å². The number of primary amides is 1. The molecule has 1 aromatic rings. The third-order valence-corrected chi connectivity index (χ3v) is 6.22. The molecule has 0 aliphatic carbocycles. The normalized spacial score (nSPS) is 10.6. The van der Waals surface area contributed by atoms with E-state index in [9.17, 15) is 9.59 Å². The largest absolute Gasteiger partial charge is 0.397 e. The molecule has 0 unspecified atom stereocenters. The van der Waals surface area contributed by atoms with E-state index in [0.29, 0.717) is 48.1 Å². The zero-order valence-electron chi connectivity index (χ0n) is 11.5. The van der Waals surface area contributed by atoms with E-state index in [1.807, 2.05) is 67.8 Å². The predicted molar refractivity (Wildman–Crippen MR) is 112 cm³/mol. The van der Waals surface area contributed by atoms with Crippen molar-refractivity contribution >= 4 is 85.3 Å². The Morgan fingerprint density at radius 2 is 1.36 bits per heavy atom. The molecule has 7 nitrogen and oxygen atoms in total. The van der Waals surface area contributed by atoms with Crippen LogP contribution >= 0.6 is 67.8 Å². The van der Waals surface area contributed by atoms with Crippen LogP contribution in [0.15, 0.2) is 0 Å². The van der Waals surface area contributed by atoms with Crippen LogP contribution in [0, 0.1) is 10.7 Å². The zero-order chi connectivity index (χ0) is 17.0. The fourth-order valence-corrected chi connectivity index (χ4v) is 6.03. The maximum absolute atomic E-state index is 12.8. The Labute approximate surface area is 169 Å². The lowest BCUT2D eigenvalue weighted by Gasteiger charge is -2.24. The highest BCUT2D eigenvalue weighted by molar-refractivity contribution is 14.1. The van der Waals surface area contributed by atoms with Crippen LogP contribution < -0.4 is 22.9 Å². The minimum atomic E-state index is -0.616. The molecule has 22 heavy (non-hydrogen) atoms. The summed E-state index contributed by atoms with van der Waals surface area (Å²) in [6.45, 7) is 1.39. The van der Waals surface area contributed by atoms with Gasteiger partial charge in [0.2, 0.25) is 0 Å². The molecule has 0 aliphatic rings. The highest BCUT2D eigenvalue weighted by Gasteiger charge is 2.28. The molecule has 0 aliphatic heterocycles. The molecule has 8 N–H and O–H groups in total. The average Bonchev–Trinajstić information content (AvgIpc) is 2.44. The van der Waals surface area contributed by atoms with E-state index in [-0.39, 0.29) is 11.5 Å². The Balaban J connectivity index is 3.52. The second-order valence-corrected chi connectivity index (χ2v) is 7.58. The number of nitrogens with zero attached hydrogens (tertiary/aromatic N) is 1. The molecule has 2 amide bonds. The highest BCUT2D eigenvalue weighted by Crippen LogP contribution is 2.34. The number of benzene rings is 1. The fraction of sp³-hybridized carbons (Fsp3) is 0.333. The number of anilines is 1. The number of rotatable bonds is 6. The van der Waals surface area contributed by atoms with Gasteiger partial charge in [-0.3, -0.25) is 9.59 Å². The molecule has 122 valence electrons. The molecule has 0 bridgehead atoms. The minimum Gasteiger partial charge on any atom is -0.397 e. The number of carbonyl (C=O) groups excluding carboxylic acids is 2. The van der Waals surface area contributed by atoms with E-state index in [4.69, 9.17) is 22.9 Å². The molecule has 1 rings (SSSR count). The lowest BCUT2D eigenvalue weighted by atomic mass is 10.1. The summed E-state index contributed by atoms with van der Waals surface area (Å²) < 4.78 is 1.65. The van der Waals surface area contributed by atoms with E-state index in [0.717, 1.165) is 0 Å². The molecule has 10 heteroatoms. The Morgan fingerprint density at radius 1 is 0.909 bits per heavy atom. The third kappa shape index (κ3) is 4.12. The summed E-state index contributed by atoms with van der Waals surface area (Å²) >= 11 is 5.92. The van der Waals surface area contributed by atoms with Gasteiger partial charge in [-0.05, 0) is 67.8 Å². The van der Waals surface area contributed by atoms with Crippen molar-refractivity contribution < 1.29 is 9.59 Å². The van der Waals surface area contributed by atoms with E-state index in [2.05, 4.69) is 0 Å². The molecule has 0 fully saturated rings. The van der Waals surface area contributed by atoms with Crippen molar-refractivity contribution in [3.63, 3.8) is 0 Å². The molecular formula is C12H16I3N5O2. The van der Waals surface area contributed by atoms with Crippen molar-refractivity contribution in [1.29, 1.82) is 0 Å². The monoisotopic (exact) mass is 643 g/mol. The summed E-state index contributed by atoms with van der Waals surface area (Å²) in [5.74, 6) is -0.870. The van der Waals surface area contributed by atoms with Gasteiger partial charge in [0.15, 0.2) is 0 Å². The van der Waals surface area contributed by atoms with Gasteiger partial charge >= 0.3 is 0 Å². The maximum atomic E-state index is 12.8. The van der Waals surface area contributed by atoms with Gasteiger partial charge in [-0.25, -0.2) is 0 Å². The molecule has 0 aromatic heterocycles. The number of hydrogen-bond donors (Lipinski definition) is 4. The minimum absolute atomic E-state index is 0.254. The standard InChI is InChI=1S/C12H16I3N5O2/c13-7-5(11(19)21)8(14)10(18)9(15)6(7)12(22)20(3-1-16)4-2-17/h1-4,16-18H2,(H2,19,21). The van der Waals surface area contributed by atoms with Crippen LogP contribution in [0.25, 0.3) is 0 Å². The molecule has 1 aromatic carbocycles. The van der Waals surface area contributed by atoms with Crippen molar-refractivity contribution in [2.75, 3.05) is 31.9 Å². The summed E-state index contributed by atoms with van der Waals surface area (Å²) in [7, 11) is 0. The van der Waals surface area contributed by atoms with Gasteiger partial charge in [0.25, 0.3) is 11.8 Å². The van der Waals surface area contributed by atoms with Crippen molar-refractivity contribution in [2.45, 2.75) is 0 Å². The van der Waals surface area contributed by atoms with E-state index >= 15 is 0 Å². The van der Waals surface area contributed by atoms with Crippen molar-refractivity contribution in [3.05, 3.63) is 21.8 Å². The van der Waals surface area contributed by atoms with Crippen LogP contribution in [0.3, 0.4) is 0 Å². The average molecular weight is 643 g/mol. The summed E-state index contributed by atoms with van der Waals surface area (Å²) in [6.07, 6.45) is 0. The van der Waals surface area contributed by atoms with E-state index in [1.54, 1.807) is 4.90 Å². The first-order valence-electron chi connectivity index (χ1n) is 6.23. The van der Waals surface area contributed by atoms with Gasteiger partial charge in [0.1, 0.15) is 0 Å². The van der Waals surface area contributed by atoms with Crippen LogP contribution in [0.1, 0.15) is 20.7 Å². The number of hydrogen-bond acceptors (Lipinski definition) is 5. The van der Waals surface area contributed by atoms with Gasteiger partial charge in [-0.15, -0.1) is 0 Å². The summed E-state index contributed by atoms with van der Waals surface area (Å²) in [5.41, 5.74) is 23.6. The predicted octanol–water partition coefficient (Wildman–Crippen LogP) is 0.541. The number of nitrogen functional groups attached to an aromatic ring is 1. The van der Waals surface area contributed by atoms with Crippen molar-refractivity contribution in [3.8, 4) is 0 Å². The lowest BCUT2D eigenvalue weighted by Crippen LogP contribution is -2.40. The second-order valence-electron chi connectivity index (χ2n) is 4.34. The van der Waals surface area contributed by atoms with Crippen LogP contribution in [0.5, 0.6) is 0 Å². The van der Waals surface area contributed by atoms with Crippen LogP contribution in [0.4, 0.5) is 5.69 Å². The SMILES string of the molecule is NCCN(CCN)C(=O)c1c(I)c(N)c(I)c(C(N)=O)c1I. The maximum Gasteiger partial charge on any atom is 0.256 e. The van der Waals surface area contributed by atoms with Gasteiger partial charge in [-0.2, -0.15) is 0 Å². The number of amides is 2.